The maximum atomic E-state index is 5.79. The van der Waals surface area contributed by atoms with Crippen LogP contribution in [0.15, 0.2) is 0 Å². The third-order valence-corrected chi connectivity index (χ3v) is 2.82. The van der Waals surface area contributed by atoms with E-state index in [2.05, 4.69) is 21.5 Å². The molecule has 1 rings (SSSR count). The first-order chi connectivity index (χ1) is 7.90. The standard InChI is InChI=1S/C11H22N4OS/c1-7(2)16-9-10(12)14-17-11(9)13-8(3)6-15(4)5/h7-8,13H,6H2,1-5H3,(H2,12,14). The Bertz CT molecular complexity index is 351. The number of nitrogens with two attached hydrogens (primary N) is 1. The van der Waals surface area contributed by atoms with E-state index in [4.69, 9.17) is 10.5 Å². The number of nitrogens with one attached hydrogen (secondary N) is 1. The largest absolute Gasteiger partial charge is 0.484 e. The quantitative estimate of drug-likeness (QED) is 0.815. The number of nitrogen functional groups attached to an aromatic ring is 1. The maximum absolute atomic E-state index is 5.79. The Morgan fingerprint density at radius 1 is 1.41 bits per heavy atom. The predicted molar refractivity (Wildman–Crippen MR) is 73.9 cm³/mol. The van der Waals surface area contributed by atoms with Gasteiger partial charge < -0.3 is 20.7 Å². The Morgan fingerprint density at radius 2 is 2.06 bits per heavy atom. The highest BCUT2D eigenvalue weighted by Crippen LogP contribution is 2.36. The highest BCUT2D eigenvalue weighted by molar-refractivity contribution is 7.11. The first-order valence-corrected chi connectivity index (χ1v) is 6.50. The zero-order chi connectivity index (χ0) is 13.0. The Morgan fingerprint density at radius 3 is 2.59 bits per heavy atom. The smallest absolute Gasteiger partial charge is 0.197 e. The highest BCUT2D eigenvalue weighted by Gasteiger charge is 2.16. The van der Waals surface area contributed by atoms with Gasteiger partial charge in [0.1, 0.15) is 0 Å². The summed E-state index contributed by atoms with van der Waals surface area (Å²) >= 11 is 1.34. The zero-order valence-corrected chi connectivity index (χ0v) is 12.0. The SMILES string of the molecule is CC(CN(C)C)Nc1snc(N)c1OC(C)C. The molecule has 0 bridgehead atoms. The van der Waals surface area contributed by atoms with Gasteiger partial charge in [0.05, 0.1) is 6.10 Å². The van der Waals surface area contributed by atoms with Crippen molar-refractivity contribution in [1.29, 1.82) is 0 Å². The van der Waals surface area contributed by atoms with Gasteiger partial charge in [-0.05, 0) is 46.4 Å². The third kappa shape index (κ3) is 4.40. The van der Waals surface area contributed by atoms with E-state index in [0.717, 1.165) is 11.5 Å². The molecule has 0 aliphatic heterocycles. The van der Waals surface area contributed by atoms with Crippen LogP contribution in [0.3, 0.4) is 0 Å². The fourth-order valence-electron chi connectivity index (χ4n) is 1.55. The summed E-state index contributed by atoms with van der Waals surface area (Å²) in [4.78, 5) is 2.13. The summed E-state index contributed by atoms with van der Waals surface area (Å²) in [6.45, 7) is 7.02. The molecule has 0 aliphatic rings. The summed E-state index contributed by atoms with van der Waals surface area (Å²) in [5.41, 5.74) is 5.79. The van der Waals surface area contributed by atoms with Gasteiger partial charge in [0, 0.05) is 12.6 Å². The lowest BCUT2D eigenvalue weighted by atomic mass is 10.3. The molecule has 0 saturated carbocycles. The average Bonchev–Trinajstić information content (AvgIpc) is 2.47. The minimum absolute atomic E-state index is 0.0957. The Balaban J connectivity index is 2.70. The van der Waals surface area contributed by atoms with Crippen molar-refractivity contribution in [2.75, 3.05) is 31.7 Å². The van der Waals surface area contributed by atoms with Gasteiger partial charge in [-0.1, -0.05) is 0 Å². The van der Waals surface area contributed by atoms with Gasteiger partial charge in [-0.2, -0.15) is 4.37 Å². The average molecular weight is 258 g/mol. The maximum Gasteiger partial charge on any atom is 0.197 e. The summed E-state index contributed by atoms with van der Waals surface area (Å²) < 4.78 is 9.79. The third-order valence-electron chi connectivity index (χ3n) is 2.04. The van der Waals surface area contributed by atoms with Gasteiger partial charge in [-0.25, -0.2) is 0 Å². The lowest BCUT2D eigenvalue weighted by Crippen LogP contribution is -2.29. The summed E-state index contributed by atoms with van der Waals surface area (Å²) in [5, 5.41) is 4.29. The molecule has 5 nitrogen and oxygen atoms in total. The Labute approximate surface area is 107 Å². The molecule has 0 aliphatic carbocycles. The number of hydrogen-bond acceptors (Lipinski definition) is 6. The molecule has 0 spiro atoms. The van der Waals surface area contributed by atoms with Crippen LogP contribution in [-0.2, 0) is 0 Å². The second kappa shape index (κ2) is 6.07. The van der Waals surface area contributed by atoms with Crippen molar-refractivity contribution in [2.24, 2.45) is 0 Å². The molecular weight excluding hydrogens is 236 g/mol. The number of aromatic nitrogens is 1. The molecule has 0 saturated heterocycles. The molecule has 0 radical (unpaired) electrons. The summed E-state index contributed by atoms with van der Waals surface area (Å²) in [7, 11) is 4.09. The summed E-state index contributed by atoms with van der Waals surface area (Å²) in [5.74, 6) is 1.14. The van der Waals surface area contributed by atoms with Gasteiger partial charge in [0.25, 0.3) is 0 Å². The minimum Gasteiger partial charge on any atom is -0.484 e. The van der Waals surface area contributed by atoms with E-state index in [1.54, 1.807) is 0 Å². The summed E-state index contributed by atoms with van der Waals surface area (Å²) in [6.07, 6.45) is 0.0957. The van der Waals surface area contributed by atoms with Crippen LogP contribution in [0.4, 0.5) is 10.8 Å². The zero-order valence-electron chi connectivity index (χ0n) is 11.2. The van der Waals surface area contributed by atoms with Gasteiger partial charge in [0.2, 0.25) is 0 Å². The highest BCUT2D eigenvalue weighted by atomic mass is 32.1. The van der Waals surface area contributed by atoms with Crippen molar-refractivity contribution in [1.82, 2.24) is 9.27 Å². The number of likely N-dealkylation sites (N-methyl/N-ethyl adjacent to an activating group) is 1. The molecule has 1 unspecified atom stereocenters. The van der Waals surface area contributed by atoms with Crippen LogP contribution in [0.25, 0.3) is 0 Å². The first-order valence-electron chi connectivity index (χ1n) is 5.73. The Kier molecular flexibility index (Phi) is 5.02. The molecule has 1 atom stereocenters. The fraction of sp³-hybridized carbons (Fsp3) is 0.727. The monoisotopic (exact) mass is 258 g/mol. The lowest BCUT2D eigenvalue weighted by Gasteiger charge is -2.19. The van der Waals surface area contributed by atoms with E-state index < -0.39 is 0 Å². The molecule has 1 heterocycles. The van der Waals surface area contributed by atoms with Crippen molar-refractivity contribution in [3.8, 4) is 5.75 Å². The van der Waals surface area contributed by atoms with Crippen LogP contribution < -0.4 is 15.8 Å². The van der Waals surface area contributed by atoms with Crippen molar-refractivity contribution in [3.63, 3.8) is 0 Å². The van der Waals surface area contributed by atoms with Crippen LogP contribution in [0.5, 0.6) is 5.75 Å². The lowest BCUT2D eigenvalue weighted by molar-refractivity contribution is 0.245. The molecule has 1 aromatic rings. The molecule has 0 fully saturated rings. The molecule has 6 heteroatoms. The molecule has 17 heavy (non-hydrogen) atoms. The molecule has 98 valence electrons. The topological polar surface area (TPSA) is 63.4 Å². The Hall–Kier alpha value is -1.01. The first kappa shape index (κ1) is 14.1. The predicted octanol–water partition coefficient (Wildman–Crippen LogP) is 1.87. The van der Waals surface area contributed by atoms with E-state index >= 15 is 0 Å². The van der Waals surface area contributed by atoms with E-state index in [1.807, 2.05) is 27.9 Å². The van der Waals surface area contributed by atoms with Crippen LogP contribution in [0.1, 0.15) is 20.8 Å². The number of ether oxygens (including phenoxy) is 1. The van der Waals surface area contributed by atoms with E-state index in [9.17, 15) is 0 Å². The number of nitrogens with zero attached hydrogens (tertiary/aromatic N) is 2. The van der Waals surface area contributed by atoms with Crippen LogP contribution >= 0.6 is 11.5 Å². The second-order valence-electron chi connectivity index (χ2n) is 4.70. The van der Waals surface area contributed by atoms with Gasteiger partial charge >= 0.3 is 0 Å². The fourth-order valence-corrected chi connectivity index (χ4v) is 2.31. The van der Waals surface area contributed by atoms with E-state index in [1.165, 1.54) is 11.5 Å². The van der Waals surface area contributed by atoms with Crippen LogP contribution in [0.2, 0.25) is 0 Å². The minimum atomic E-state index is 0.0957. The van der Waals surface area contributed by atoms with Crippen molar-refractivity contribution in [2.45, 2.75) is 32.9 Å². The van der Waals surface area contributed by atoms with Gasteiger partial charge in [0.15, 0.2) is 16.6 Å². The summed E-state index contributed by atoms with van der Waals surface area (Å²) in [6, 6.07) is 0.319. The van der Waals surface area contributed by atoms with Gasteiger partial charge in [-0.3, -0.25) is 0 Å². The molecule has 0 aromatic carbocycles. The van der Waals surface area contributed by atoms with Gasteiger partial charge in [-0.15, -0.1) is 0 Å². The van der Waals surface area contributed by atoms with E-state index in [0.29, 0.717) is 17.6 Å². The van der Waals surface area contributed by atoms with Crippen molar-refractivity contribution >= 4 is 22.4 Å². The normalized spacial score (nSPS) is 13.1. The molecule has 0 amide bonds. The second-order valence-corrected chi connectivity index (χ2v) is 5.47. The number of rotatable bonds is 6. The molecule has 1 aromatic heterocycles. The molecule has 3 N–H and O–H groups in total. The van der Waals surface area contributed by atoms with Crippen LogP contribution in [-0.4, -0.2) is 42.1 Å². The van der Waals surface area contributed by atoms with E-state index in [-0.39, 0.29) is 6.10 Å². The molecular formula is C11H22N4OS. The number of hydrogen-bond donors (Lipinski definition) is 2. The van der Waals surface area contributed by atoms with Crippen LogP contribution in [0, 0.1) is 0 Å². The number of anilines is 2. The van der Waals surface area contributed by atoms with Crippen molar-refractivity contribution in [3.05, 3.63) is 0 Å². The van der Waals surface area contributed by atoms with Crippen molar-refractivity contribution < 1.29 is 4.74 Å².